The third kappa shape index (κ3) is 5.00. The van der Waals surface area contributed by atoms with E-state index >= 15 is 0 Å². The Bertz CT molecular complexity index is 1480. The second kappa shape index (κ2) is 9.98. The average molecular weight is 544 g/mol. The molecule has 10 nitrogen and oxygen atoms in total. The fourth-order valence-electron chi connectivity index (χ4n) is 4.57. The minimum absolute atomic E-state index is 0.0168. The van der Waals surface area contributed by atoms with Gasteiger partial charge in [-0.3, -0.25) is 24.5 Å². The Morgan fingerprint density at radius 2 is 1.72 bits per heavy atom. The predicted molar refractivity (Wildman–Crippen MR) is 134 cm³/mol. The van der Waals surface area contributed by atoms with Gasteiger partial charge in [0.2, 0.25) is 5.91 Å². The summed E-state index contributed by atoms with van der Waals surface area (Å²) in [4.78, 5) is 57.7. The maximum atomic E-state index is 13.9. The summed E-state index contributed by atoms with van der Waals surface area (Å²) in [5.74, 6) is -6.04. The molecule has 3 aromatic rings. The van der Waals surface area contributed by atoms with Crippen molar-refractivity contribution in [2.75, 3.05) is 23.7 Å². The molecule has 2 aromatic carbocycles. The highest BCUT2D eigenvalue weighted by Gasteiger charge is 2.57. The number of nitrogens with one attached hydrogen (secondary N) is 1. The lowest BCUT2D eigenvalue weighted by atomic mass is 9.81. The Hall–Kier alpha value is -4.52. The van der Waals surface area contributed by atoms with E-state index in [-0.39, 0.29) is 24.5 Å². The number of nitrogens with zero attached hydrogens (tertiary/aromatic N) is 3. The summed E-state index contributed by atoms with van der Waals surface area (Å²) in [6.45, 7) is 2.74. The van der Waals surface area contributed by atoms with Gasteiger partial charge in [-0.1, -0.05) is 29.8 Å². The monoisotopic (exact) mass is 543 g/mol. The van der Waals surface area contributed by atoms with Crippen LogP contribution in [-0.2, 0) is 24.8 Å². The molecule has 13 heteroatoms. The minimum Gasteiger partial charge on any atom is -0.383 e. The van der Waals surface area contributed by atoms with Crippen molar-refractivity contribution in [1.29, 1.82) is 0 Å². The standard InChI is InChI=1S/C26H24F3N5O5/c1-14-3-6-18(7-4-14)34-12-11-33(15(2)35)20(22(34)36)25(39,23(37)32-24(38)26(27,28)29)17-5-8-19-16(13-17)9-10-31-21(19)30/h3-10,13,20,39H,11-12H2,1-2H3,(H2,30,31)(H,32,37,38). The van der Waals surface area contributed by atoms with Crippen molar-refractivity contribution >= 4 is 45.9 Å². The molecule has 4 amide bonds. The number of nitrogens with two attached hydrogens (primary N) is 1. The summed E-state index contributed by atoms with van der Waals surface area (Å²) < 4.78 is 39.3. The number of benzene rings is 2. The number of hydrogen-bond donors (Lipinski definition) is 3. The molecule has 1 saturated heterocycles. The van der Waals surface area contributed by atoms with Crippen LogP contribution in [0.5, 0.6) is 0 Å². The number of halogens is 3. The highest BCUT2D eigenvalue weighted by molar-refractivity contribution is 6.09. The zero-order chi connectivity index (χ0) is 28.7. The summed E-state index contributed by atoms with van der Waals surface area (Å²) in [6, 6.07) is 9.89. The molecular weight excluding hydrogens is 519 g/mol. The summed E-state index contributed by atoms with van der Waals surface area (Å²) in [7, 11) is 0. The van der Waals surface area contributed by atoms with E-state index in [2.05, 4.69) is 4.98 Å². The van der Waals surface area contributed by atoms with Crippen LogP contribution in [0.4, 0.5) is 24.7 Å². The number of carbonyl (C=O) groups is 4. The van der Waals surface area contributed by atoms with E-state index in [9.17, 15) is 37.5 Å². The van der Waals surface area contributed by atoms with Gasteiger partial charge in [-0.15, -0.1) is 0 Å². The summed E-state index contributed by atoms with van der Waals surface area (Å²) >= 11 is 0. The Morgan fingerprint density at radius 1 is 1.05 bits per heavy atom. The van der Waals surface area contributed by atoms with E-state index < -0.39 is 41.4 Å². The molecule has 0 spiro atoms. The lowest BCUT2D eigenvalue weighted by Gasteiger charge is -2.46. The van der Waals surface area contributed by atoms with Gasteiger partial charge in [0.25, 0.3) is 11.8 Å². The molecular formula is C26H24F3N5O5. The zero-order valence-electron chi connectivity index (χ0n) is 20.8. The predicted octanol–water partition coefficient (Wildman–Crippen LogP) is 1.78. The molecule has 4 rings (SSSR count). The van der Waals surface area contributed by atoms with Crippen LogP contribution in [0.1, 0.15) is 18.1 Å². The van der Waals surface area contributed by atoms with Crippen LogP contribution < -0.4 is 16.0 Å². The van der Waals surface area contributed by atoms with E-state index in [1.165, 1.54) is 35.4 Å². The number of aromatic nitrogens is 1. The Morgan fingerprint density at radius 3 is 2.33 bits per heavy atom. The number of hydrogen-bond acceptors (Lipinski definition) is 7. The summed E-state index contributed by atoms with van der Waals surface area (Å²) in [5, 5.41) is 13.9. The quantitative estimate of drug-likeness (QED) is 0.455. The number of pyridine rings is 1. The second-order valence-electron chi connectivity index (χ2n) is 9.12. The molecule has 204 valence electrons. The van der Waals surface area contributed by atoms with Gasteiger partial charge in [-0.25, -0.2) is 4.98 Å². The van der Waals surface area contributed by atoms with Gasteiger partial charge < -0.3 is 20.6 Å². The molecule has 4 N–H and O–H groups in total. The van der Waals surface area contributed by atoms with E-state index in [4.69, 9.17) is 5.73 Å². The molecule has 0 bridgehead atoms. The van der Waals surface area contributed by atoms with Gasteiger partial charge in [0.15, 0.2) is 11.6 Å². The zero-order valence-corrected chi connectivity index (χ0v) is 20.8. The third-order valence-corrected chi connectivity index (χ3v) is 6.59. The van der Waals surface area contributed by atoms with Crippen LogP contribution in [0.15, 0.2) is 54.7 Å². The van der Waals surface area contributed by atoms with Gasteiger partial charge in [-0.2, -0.15) is 13.2 Å². The van der Waals surface area contributed by atoms with Crippen LogP contribution in [0.2, 0.25) is 0 Å². The number of rotatable bonds is 4. The van der Waals surface area contributed by atoms with Crippen LogP contribution >= 0.6 is 0 Å². The van der Waals surface area contributed by atoms with Crippen LogP contribution in [-0.4, -0.2) is 63.9 Å². The van der Waals surface area contributed by atoms with Crippen LogP contribution in [0.25, 0.3) is 10.8 Å². The molecule has 0 aliphatic carbocycles. The number of aliphatic hydroxyl groups is 1. The van der Waals surface area contributed by atoms with Gasteiger partial charge in [0.1, 0.15) is 5.82 Å². The first-order valence-corrected chi connectivity index (χ1v) is 11.7. The molecule has 1 aliphatic rings. The number of amides is 4. The number of fused-ring (bicyclic) bond motifs is 1. The van der Waals surface area contributed by atoms with Gasteiger partial charge >= 0.3 is 12.1 Å². The van der Waals surface area contributed by atoms with Crippen molar-refractivity contribution in [2.45, 2.75) is 31.7 Å². The lowest BCUT2D eigenvalue weighted by Crippen LogP contribution is -2.70. The van der Waals surface area contributed by atoms with Gasteiger partial charge in [0.05, 0.1) is 0 Å². The Kier molecular flexibility index (Phi) is 7.04. The Balaban J connectivity index is 1.91. The fourth-order valence-corrected chi connectivity index (χ4v) is 4.57. The number of anilines is 2. The van der Waals surface area contributed by atoms with E-state index in [1.807, 2.05) is 6.92 Å². The van der Waals surface area contributed by atoms with E-state index in [0.29, 0.717) is 16.5 Å². The third-order valence-electron chi connectivity index (χ3n) is 6.59. The minimum atomic E-state index is -5.47. The van der Waals surface area contributed by atoms with Crippen molar-refractivity contribution in [3.8, 4) is 0 Å². The van der Waals surface area contributed by atoms with Crippen molar-refractivity contribution < 1.29 is 37.5 Å². The summed E-state index contributed by atoms with van der Waals surface area (Å²) in [5.41, 5.74) is 3.67. The van der Waals surface area contributed by atoms with Crippen molar-refractivity contribution in [1.82, 2.24) is 15.2 Å². The number of aryl methyl sites for hydroxylation is 1. The molecule has 0 radical (unpaired) electrons. The lowest BCUT2D eigenvalue weighted by molar-refractivity contribution is -0.180. The first-order chi connectivity index (χ1) is 18.2. The topological polar surface area (TPSA) is 146 Å². The molecule has 2 atom stereocenters. The van der Waals surface area contributed by atoms with Crippen molar-refractivity contribution in [3.63, 3.8) is 0 Å². The molecule has 0 saturated carbocycles. The first-order valence-electron chi connectivity index (χ1n) is 11.7. The van der Waals surface area contributed by atoms with E-state index in [1.54, 1.807) is 24.3 Å². The van der Waals surface area contributed by atoms with E-state index in [0.717, 1.165) is 22.7 Å². The highest BCUT2D eigenvalue weighted by Crippen LogP contribution is 2.36. The van der Waals surface area contributed by atoms with Gasteiger partial charge in [-0.05, 0) is 42.1 Å². The normalized spacial score (nSPS) is 17.6. The fraction of sp³-hybridized carbons (Fsp3) is 0.269. The molecule has 1 aliphatic heterocycles. The molecule has 39 heavy (non-hydrogen) atoms. The molecule has 1 fully saturated rings. The number of nitrogen functional groups attached to an aromatic ring is 1. The average Bonchev–Trinajstić information content (AvgIpc) is 2.88. The van der Waals surface area contributed by atoms with Crippen LogP contribution in [0.3, 0.4) is 0 Å². The molecule has 2 heterocycles. The largest absolute Gasteiger partial charge is 0.471 e. The maximum Gasteiger partial charge on any atom is 0.471 e. The molecule has 1 aromatic heterocycles. The molecule has 2 unspecified atom stereocenters. The highest BCUT2D eigenvalue weighted by atomic mass is 19.4. The van der Waals surface area contributed by atoms with Crippen LogP contribution in [0, 0.1) is 6.92 Å². The smallest absolute Gasteiger partial charge is 0.383 e. The first kappa shape index (κ1) is 27.5. The number of piperazine rings is 1. The van der Waals surface area contributed by atoms with Gasteiger partial charge in [0, 0.05) is 37.3 Å². The number of imide groups is 1. The SMILES string of the molecule is CC(=O)N1CCN(c2ccc(C)cc2)C(=O)C1C(O)(C(=O)NC(=O)C(F)(F)F)c1ccc2c(N)nccc2c1. The number of carbonyl (C=O) groups excluding carboxylic acids is 4. The number of alkyl halides is 3. The van der Waals surface area contributed by atoms with Crippen molar-refractivity contribution in [2.24, 2.45) is 0 Å². The summed E-state index contributed by atoms with van der Waals surface area (Å²) in [6.07, 6.45) is -4.13. The Labute approximate surface area is 220 Å². The maximum absolute atomic E-state index is 13.9. The van der Waals surface area contributed by atoms with Crippen molar-refractivity contribution in [3.05, 3.63) is 65.9 Å². The second-order valence-corrected chi connectivity index (χ2v) is 9.12.